The molecule has 2 aromatic heterocycles. The zero-order chi connectivity index (χ0) is 27.5. The quantitative estimate of drug-likeness (QED) is 0.305. The van der Waals surface area contributed by atoms with Crippen molar-refractivity contribution in [1.29, 1.82) is 0 Å². The lowest BCUT2D eigenvalue weighted by Crippen LogP contribution is -2.29. The number of hydrogen-bond donors (Lipinski definition) is 1. The number of aliphatic hydroxyl groups excluding tert-OH is 1. The van der Waals surface area contributed by atoms with E-state index < -0.39 is 5.82 Å². The van der Waals surface area contributed by atoms with Gasteiger partial charge in [-0.05, 0) is 42.3 Å². The normalized spacial score (nSPS) is 13.8. The Morgan fingerprint density at radius 1 is 1.23 bits per heavy atom. The average molecular weight is 530 g/mol. The predicted molar refractivity (Wildman–Crippen MR) is 144 cm³/mol. The first-order valence-electron chi connectivity index (χ1n) is 12.7. The van der Waals surface area contributed by atoms with Crippen LogP contribution in [0.5, 0.6) is 5.75 Å². The molecule has 1 amide bonds. The Kier molecular flexibility index (Phi) is 7.59. The van der Waals surface area contributed by atoms with E-state index in [4.69, 9.17) is 25.6 Å². The van der Waals surface area contributed by atoms with Crippen LogP contribution in [0.15, 0.2) is 53.1 Å². The van der Waals surface area contributed by atoms with Gasteiger partial charge in [0.15, 0.2) is 11.4 Å². The summed E-state index contributed by atoms with van der Waals surface area (Å²) in [6, 6.07) is 12.0. The Morgan fingerprint density at radius 2 is 2.03 bits per heavy atom. The molecule has 0 aliphatic carbocycles. The Bertz CT molecular complexity index is 1570. The van der Waals surface area contributed by atoms with E-state index in [0.29, 0.717) is 41.4 Å². The zero-order valence-corrected chi connectivity index (χ0v) is 21.7. The van der Waals surface area contributed by atoms with Gasteiger partial charge < -0.3 is 23.9 Å². The number of furan rings is 1. The number of likely N-dealkylation sites (N-methyl/N-ethyl adjacent to an activating group) is 1. The predicted octanol–water partition coefficient (Wildman–Crippen LogP) is 5.78. The van der Waals surface area contributed by atoms with Gasteiger partial charge in [-0.25, -0.2) is 14.2 Å². The largest absolute Gasteiger partial charge is 0.501 e. The molecule has 5 rings (SSSR count). The summed E-state index contributed by atoms with van der Waals surface area (Å²) in [6.07, 6.45) is 2.62. The Hall–Kier alpha value is -4.26. The number of carbonyl (C=O) groups excluding carboxylic acids is 1. The van der Waals surface area contributed by atoms with Crippen LogP contribution in [0.25, 0.3) is 38.4 Å². The summed E-state index contributed by atoms with van der Waals surface area (Å²) in [6.45, 7) is 10.9. The highest BCUT2D eigenvalue weighted by Gasteiger charge is 2.21. The van der Waals surface area contributed by atoms with E-state index >= 15 is 4.39 Å². The molecule has 200 valence electrons. The van der Waals surface area contributed by atoms with E-state index in [9.17, 15) is 4.79 Å². The van der Waals surface area contributed by atoms with Crippen LogP contribution in [-0.2, 0) is 4.74 Å². The molecule has 1 N–H and O–H groups in total. The smallest absolute Gasteiger partial charge is 0.253 e. The SMILES string of the molecule is [C-]#[N+]c1cc(-c2c(F)cnc3cc(-c4ccc(C(=O)N(C)CCO)cc4C)oc23)ccc1OC1CCOCC1. The van der Waals surface area contributed by atoms with Crippen molar-refractivity contribution in [3.05, 3.63) is 77.0 Å². The summed E-state index contributed by atoms with van der Waals surface area (Å²) in [5, 5.41) is 9.12. The highest BCUT2D eigenvalue weighted by Crippen LogP contribution is 2.40. The minimum Gasteiger partial charge on any atom is -0.501 e. The van der Waals surface area contributed by atoms with Crippen molar-refractivity contribution in [3.8, 4) is 28.2 Å². The maximum atomic E-state index is 15.2. The molecule has 39 heavy (non-hydrogen) atoms. The first-order chi connectivity index (χ1) is 18.9. The van der Waals surface area contributed by atoms with Gasteiger partial charge in [0, 0.05) is 43.6 Å². The molecule has 0 bridgehead atoms. The molecule has 1 aliphatic heterocycles. The van der Waals surface area contributed by atoms with Crippen molar-refractivity contribution in [2.75, 3.05) is 33.4 Å². The summed E-state index contributed by atoms with van der Waals surface area (Å²) in [5.41, 5.74) is 3.74. The standard InChI is InChI=1S/C30H28FN3O5/c1-18-14-20(30(36)34(3)10-11-35)4-6-22(18)27-16-25-29(39-27)28(23(31)17-33-25)19-5-7-26(24(15-19)32-2)38-21-8-12-37-13-9-21/h4-7,14-17,21,35H,8-13H2,1,3H3. The van der Waals surface area contributed by atoms with Crippen LogP contribution in [0.3, 0.4) is 0 Å². The second-order valence-corrected chi connectivity index (χ2v) is 9.51. The van der Waals surface area contributed by atoms with Gasteiger partial charge in [-0.1, -0.05) is 12.1 Å². The van der Waals surface area contributed by atoms with Crippen LogP contribution in [0.4, 0.5) is 10.1 Å². The Morgan fingerprint density at radius 3 is 2.74 bits per heavy atom. The van der Waals surface area contributed by atoms with Crippen molar-refractivity contribution in [3.63, 3.8) is 0 Å². The number of hydrogen-bond acceptors (Lipinski definition) is 6. The number of pyridine rings is 1. The molecule has 0 unspecified atom stereocenters. The topological polar surface area (TPSA) is 89.4 Å². The Balaban J connectivity index is 1.50. The average Bonchev–Trinajstić information content (AvgIpc) is 3.37. The molecule has 2 aromatic carbocycles. The maximum absolute atomic E-state index is 15.2. The van der Waals surface area contributed by atoms with Gasteiger partial charge in [-0.3, -0.25) is 4.79 Å². The van der Waals surface area contributed by atoms with Crippen LogP contribution < -0.4 is 4.74 Å². The van der Waals surface area contributed by atoms with Gasteiger partial charge >= 0.3 is 0 Å². The monoisotopic (exact) mass is 529 g/mol. The summed E-state index contributed by atoms with van der Waals surface area (Å²) >= 11 is 0. The molecule has 1 fully saturated rings. The third-order valence-electron chi connectivity index (χ3n) is 6.85. The summed E-state index contributed by atoms with van der Waals surface area (Å²) < 4.78 is 32.8. The number of benzene rings is 2. The number of aromatic nitrogens is 1. The number of halogens is 1. The van der Waals surface area contributed by atoms with Crippen molar-refractivity contribution in [1.82, 2.24) is 9.88 Å². The lowest BCUT2D eigenvalue weighted by molar-refractivity contribution is 0.0259. The van der Waals surface area contributed by atoms with Crippen LogP contribution in [0.1, 0.15) is 28.8 Å². The second kappa shape index (κ2) is 11.2. The molecule has 3 heterocycles. The van der Waals surface area contributed by atoms with Crippen LogP contribution in [0, 0.1) is 19.3 Å². The highest BCUT2D eigenvalue weighted by atomic mass is 19.1. The Labute approximate surface area is 225 Å². The third-order valence-corrected chi connectivity index (χ3v) is 6.85. The van der Waals surface area contributed by atoms with Crippen LogP contribution in [0.2, 0.25) is 0 Å². The van der Waals surface area contributed by atoms with E-state index in [2.05, 4.69) is 9.83 Å². The van der Waals surface area contributed by atoms with Gasteiger partial charge in [-0.15, -0.1) is 0 Å². The lowest BCUT2D eigenvalue weighted by Gasteiger charge is -2.24. The van der Waals surface area contributed by atoms with Crippen molar-refractivity contribution < 1.29 is 28.2 Å². The van der Waals surface area contributed by atoms with Gasteiger partial charge in [0.05, 0.1) is 38.2 Å². The fourth-order valence-corrected chi connectivity index (χ4v) is 4.74. The van der Waals surface area contributed by atoms with Crippen LogP contribution in [-0.4, -0.2) is 60.4 Å². The first-order valence-corrected chi connectivity index (χ1v) is 12.7. The van der Waals surface area contributed by atoms with Crippen molar-refractivity contribution in [2.24, 2.45) is 0 Å². The number of nitrogens with zero attached hydrogens (tertiary/aromatic N) is 3. The molecular weight excluding hydrogens is 501 g/mol. The summed E-state index contributed by atoms with van der Waals surface area (Å²) in [5.74, 6) is 0.173. The van der Waals surface area contributed by atoms with Crippen LogP contribution >= 0.6 is 0 Å². The number of aryl methyl sites for hydroxylation is 1. The number of fused-ring (bicyclic) bond motifs is 1. The number of carbonyl (C=O) groups is 1. The molecule has 1 aliphatic rings. The van der Waals surface area contributed by atoms with Crippen molar-refractivity contribution in [2.45, 2.75) is 25.9 Å². The number of aliphatic hydroxyl groups is 1. The number of rotatable bonds is 7. The molecular formula is C30H28FN3O5. The second-order valence-electron chi connectivity index (χ2n) is 9.51. The molecule has 0 saturated carbocycles. The van der Waals surface area contributed by atoms with E-state index in [0.717, 1.165) is 30.2 Å². The minimum absolute atomic E-state index is 0.0258. The van der Waals surface area contributed by atoms with E-state index in [1.54, 1.807) is 49.5 Å². The van der Waals surface area contributed by atoms with Gasteiger partial charge in [0.1, 0.15) is 23.1 Å². The summed E-state index contributed by atoms with van der Waals surface area (Å²) in [4.78, 5) is 21.9. The molecule has 8 nitrogen and oxygen atoms in total. The highest BCUT2D eigenvalue weighted by molar-refractivity contribution is 5.96. The molecule has 4 aromatic rings. The molecule has 0 spiro atoms. The number of amides is 1. The number of ether oxygens (including phenoxy) is 2. The lowest BCUT2D eigenvalue weighted by atomic mass is 10.0. The molecule has 0 atom stereocenters. The van der Waals surface area contributed by atoms with Crippen molar-refractivity contribution >= 4 is 22.7 Å². The fourth-order valence-electron chi connectivity index (χ4n) is 4.74. The summed E-state index contributed by atoms with van der Waals surface area (Å²) in [7, 11) is 1.63. The molecule has 9 heteroatoms. The fraction of sp³-hybridized carbons (Fsp3) is 0.300. The van der Waals surface area contributed by atoms with Gasteiger partial charge in [0.25, 0.3) is 5.91 Å². The zero-order valence-electron chi connectivity index (χ0n) is 21.7. The van der Waals surface area contributed by atoms with E-state index in [1.807, 2.05) is 6.92 Å². The minimum atomic E-state index is -0.568. The first kappa shape index (κ1) is 26.4. The van der Waals surface area contributed by atoms with Gasteiger partial charge in [-0.2, -0.15) is 0 Å². The van der Waals surface area contributed by atoms with Gasteiger partial charge in [0.2, 0.25) is 5.69 Å². The maximum Gasteiger partial charge on any atom is 0.253 e. The van der Waals surface area contributed by atoms with E-state index in [1.165, 1.54) is 4.90 Å². The molecule has 0 radical (unpaired) electrons. The molecule has 1 saturated heterocycles. The van der Waals surface area contributed by atoms with E-state index in [-0.39, 0.29) is 42.0 Å². The third kappa shape index (κ3) is 5.35.